The first kappa shape index (κ1) is 13.0. The maximum absolute atomic E-state index is 11.7. The van der Waals surface area contributed by atoms with E-state index in [1.807, 2.05) is 6.92 Å². The Morgan fingerprint density at radius 3 is 2.56 bits per heavy atom. The summed E-state index contributed by atoms with van der Waals surface area (Å²) in [4.78, 5) is 17.1. The van der Waals surface area contributed by atoms with E-state index in [1.54, 1.807) is 18.5 Å². The molecule has 0 aliphatic heterocycles. The van der Waals surface area contributed by atoms with E-state index >= 15 is 0 Å². The van der Waals surface area contributed by atoms with Crippen LogP contribution in [0.25, 0.3) is 0 Å². The number of amides is 1. The van der Waals surface area contributed by atoms with Crippen LogP contribution in [0.5, 0.6) is 0 Å². The van der Waals surface area contributed by atoms with Crippen LogP contribution in [0.3, 0.4) is 0 Å². The van der Waals surface area contributed by atoms with E-state index in [9.17, 15) is 18.0 Å². The zero-order valence-corrected chi connectivity index (χ0v) is 9.46. The molecule has 1 aromatic heterocycles. The molecule has 7 heteroatoms. The maximum atomic E-state index is 11.7. The Labute approximate surface area is 94.2 Å². The van der Waals surface area contributed by atoms with E-state index in [2.05, 4.69) is 4.84 Å². The third kappa shape index (κ3) is 3.82. The van der Waals surface area contributed by atoms with Crippen molar-refractivity contribution in [1.29, 1.82) is 0 Å². The normalized spacial score (nSPS) is 11.6. The summed E-state index contributed by atoms with van der Waals surface area (Å²) in [6, 6.07) is 1.60. The van der Waals surface area contributed by atoms with Crippen LogP contribution in [0.2, 0.25) is 0 Å². The Balaban J connectivity index is 2.51. The van der Waals surface area contributed by atoms with Crippen molar-refractivity contribution in [3.63, 3.8) is 0 Å². The van der Waals surface area contributed by atoms with Gasteiger partial charge in [0.15, 0.2) is 6.61 Å². The summed E-state index contributed by atoms with van der Waals surface area (Å²) in [6.45, 7) is 2.03. The van der Waals surface area contributed by atoms with Gasteiger partial charge in [-0.2, -0.15) is 13.2 Å². The van der Waals surface area contributed by atoms with Crippen LogP contribution in [0.1, 0.15) is 20.1 Å². The molecule has 0 unspecified atom stereocenters. The van der Waals surface area contributed by atoms with Gasteiger partial charge in [-0.05, 0) is 19.9 Å². The molecule has 16 heavy (non-hydrogen) atoms. The lowest BCUT2D eigenvalue weighted by Crippen LogP contribution is -2.29. The lowest BCUT2D eigenvalue weighted by Gasteiger charge is -2.07. The van der Waals surface area contributed by atoms with Gasteiger partial charge in [0.25, 0.3) is 5.91 Å². The molecule has 0 aliphatic rings. The first-order chi connectivity index (χ1) is 7.29. The summed E-state index contributed by atoms with van der Waals surface area (Å²) in [7, 11) is 0. The summed E-state index contributed by atoms with van der Waals surface area (Å²) in [5, 5.41) is 0. The molecular formula is C9H10F3NO2S. The average Bonchev–Trinajstić information content (AvgIpc) is 2.43. The minimum atomic E-state index is -4.45. The fourth-order valence-electron chi connectivity index (χ4n) is 1.09. The maximum Gasteiger partial charge on any atom is 0.414 e. The number of carbonyl (C=O) groups is 1. The van der Waals surface area contributed by atoms with E-state index in [1.165, 1.54) is 11.3 Å². The van der Waals surface area contributed by atoms with Crippen molar-refractivity contribution in [2.75, 3.05) is 6.61 Å². The van der Waals surface area contributed by atoms with Gasteiger partial charge < -0.3 is 0 Å². The van der Waals surface area contributed by atoms with Crippen molar-refractivity contribution in [3.05, 3.63) is 21.4 Å². The van der Waals surface area contributed by atoms with E-state index in [-0.39, 0.29) is 0 Å². The Bertz CT molecular complexity index is 387. The van der Waals surface area contributed by atoms with Crippen molar-refractivity contribution in [2.45, 2.75) is 20.0 Å². The first-order valence-corrected chi connectivity index (χ1v) is 5.17. The fraction of sp³-hybridized carbons (Fsp3) is 0.444. The van der Waals surface area contributed by atoms with Crippen molar-refractivity contribution in [2.24, 2.45) is 0 Å². The van der Waals surface area contributed by atoms with Crippen LogP contribution >= 0.6 is 11.3 Å². The summed E-state index contributed by atoms with van der Waals surface area (Å²) in [5.41, 5.74) is 2.10. The molecule has 0 atom stereocenters. The largest absolute Gasteiger partial charge is 0.414 e. The highest BCUT2D eigenvalue weighted by molar-refractivity contribution is 7.12. The summed E-state index contributed by atoms with van der Waals surface area (Å²) in [6.07, 6.45) is -4.45. The third-order valence-corrected chi connectivity index (χ3v) is 2.65. The lowest BCUT2D eigenvalue weighted by molar-refractivity contribution is -0.184. The quantitative estimate of drug-likeness (QED) is 0.841. The molecule has 90 valence electrons. The minimum absolute atomic E-state index is 0.338. The highest BCUT2D eigenvalue weighted by atomic mass is 32.1. The van der Waals surface area contributed by atoms with E-state index in [4.69, 9.17) is 0 Å². The Hall–Kier alpha value is -1.08. The molecule has 0 spiro atoms. The van der Waals surface area contributed by atoms with Gasteiger partial charge in [0.05, 0.1) is 5.56 Å². The topological polar surface area (TPSA) is 38.3 Å². The molecule has 0 aromatic carbocycles. The molecule has 0 aliphatic carbocycles. The third-order valence-electron chi connectivity index (χ3n) is 1.69. The van der Waals surface area contributed by atoms with Crippen LogP contribution in [-0.4, -0.2) is 18.7 Å². The van der Waals surface area contributed by atoms with Gasteiger partial charge in [-0.25, -0.2) is 5.48 Å². The number of halogens is 3. The van der Waals surface area contributed by atoms with Gasteiger partial charge >= 0.3 is 6.18 Å². The predicted octanol–water partition coefficient (Wildman–Crippen LogP) is 2.59. The first-order valence-electron chi connectivity index (χ1n) is 4.35. The van der Waals surface area contributed by atoms with E-state index in [0.717, 1.165) is 9.75 Å². The molecule has 1 N–H and O–H groups in total. The van der Waals surface area contributed by atoms with Crippen molar-refractivity contribution >= 4 is 17.2 Å². The molecule has 1 heterocycles. The number of rotatable bonds is 3. The standard InChI is InChI=1S/C9H10F3NO2S/c1-5-3-7(6(2)16-5)8(14)13-15-4-9(10,11)12/h3H,4H2,1-2H3,(H,13,14). The highest BCUT2D eigenvalue weighted by Gasteiger charge is 2.28. The van der Waals surface area contributed by atoms with Gasteiger partial charge in [-0.3, -0.25) is 9.63 Å². The average molecular weight is 253 g/mol. The number of thiophene rings is 1. The molecule has 1 amide bonds. The second kappa shape index (κ2) is 4.84. The fourth-order valence-corrected chi connectivity index (χ4v) is 2.02. The number of alkyl halides is 3. The second-order valence-electron chi connectivity index (χ2n) is 3.16. The SMILES string of the molecule is Cc1cc(C(=O)NOCC(F)(F)F)c(C)s1. The Morgan fingerprint density at radius 2 is 2.12 bits per heavy atom. The molecule has 0 saturated heterocycles. The van der Waals surface area contributed by atoms with E-state index in [0.29, 0.717) is 5.56 Å². The van der Waals surface area contributed by atoms with Crippen LogP contribution in [0.15, 0.2) is 6.07 Å². The number of nitrogens with one attached hydrogen (secondary N) is 1. The number of aryl methyl sites for hydroxylation is 2. The van der Waals surface area contributed by atoms with Crippen LogP contribution in [-0.2, 0) is 4.84 Å². The Kier molecular flexibility index (Phi) is 3.93. The second-order valence-corrected chi connectivity index (χ2v) is 4.62. The molecule has 0 radical (unpaired) electrons. The minimum Gasteiger partial charge on any atom is -0.267 e. The monoisotopic (exact) mass is 253 g/mol. The molecule has 3 nitrogen and oxygen atoms in total. The lowest BCUT2D eigenvalue weighted by atomic mass is 10.2. The highest BCUT2D eigenvalue weighted by Crippen LogP contribution is 2.20. The van der Waals surface area contributed by atoms with Gasteiger partial charge in [0.2, 0.25) is 0 Å². The molecule has 0 fully saturated rings. The van der Waals surface area contributed by atoms with Gasteiger partial charge in [0, 0.05) is 9.75 Å². The van der Waals surface area contributed by atoms with Crippen molar-refractivity contribution < 1.29 is 22.8 Å². The molecular weight excluding hydrogens is 243 g/mol. The Morgan fingerprint density at radius 1 is 1.50 bits per heavy atom. The van der Waals surface area contributed by atoms with E-state index < -0.39 is 18.7 Å². The number of hydrogen-bond acceptors (Lipinski definition) is 3. The van der Waals surface area contributed by atoms with Gasteiger partial charge in [0.1, 0.15) is 0 Å². The molecule has 1 rings (SSSR count). The smallest absolute Gasteiger partial charge is 0.267 e. The molecule has 0 saturated carbocycles. The van der Waals surface area contributed by atoms with Crippen LogP contribution in [0, 0.1) is 13.8 Å². The number of hydrogen-bond donors (Lipinski definition) is 1. The summed E-state index contributed by atoms with van der Waals surface area (Å²) < 4.78 is 35.2. The zero-order valence-electron chi connectivity index (χ0n) is 8.64. The van der Waals surface area contributed by atoms with Crippen LogP contribution in [0.4, 0.5) is 13.2 Å². The van der Waals surface area contributed by atoms with Gasteiger partial charge in [-0.1, -0.05) is 0 Å². The summed E-state index contributed by atoms with van der Waals surface area (Å²) in [5.74, 6) is -0.661. The molecule has 1 aromatic rings. The number of hydroxylamine groups is 1. The van der Waals surface area contributed by atoms with Crippen LogP contribution < -0.4 is 5.48 Å². The van der Waals surface area contributed by atoms with Gasteiger partial charge in [-0.15, -0.1) is 11.3 Å². The predicted molar refractivity (Wildman–Crippen MR) is 53.3 cm³/mol. The molecule has 0 bridgehead atoms. The van der Waals surface area contributed by atoms with Crippen molar-refractivity contribution in [3.8, 4) is 0 Å². The van der Waals surface area contributed by atoms with Crippen molar-refractivity contribution in [1.82, 2.24) is 5.48 Å². The zero-order chi connectivity index (χ0) is 12.3. The summed E-state index contributed by atoms with van der Waals surface area (Å²) >= 11 is 1.40. The number of carbonyl (C=O) groups excluding carboxylic acids is 1.